The third-order valence-corrected chi connectivity index (χ3v) is 4.82. The minimum absolute atomic E-state index is 0. The van der Waals surface area contributed by atoms with E-state index in [1.807, 2.05) is 13.8 Å². The summed E-state index contributed by atoms with van der Waals surface area (Å²) in [6.45, 7) is 3.81. The lowest BCUT2D eigenvalue weighted by Crippen LogP contribution is -3.00. The first kappa shape index (κ1) is 25.6. The molecule has 0 unspecified atom stereocenters. The molecule has 0 saturated heterocycles. The molecular weight excluding hydrogens is 446 g/mol. The van der Waals surface area contributed by atoms with E-state index in [1.54, 1.807) is 54.6 Å². The maximum atomic E-state index is 12.6. The van der Waals surface area contributed by atoms with Gasteiger partial charge in [-0.2, -0.15) is 0 Å². The molecule has 4 N–H and O–H groups in total. The van der Waals surface area contributed by atoms with Crippen molar-refractivity contribution in [1.82, 2.24) is 0 Å². The van der Waals surface area contributed by atoms with Gasteiger partial charge in [0.25, 0.3) is 0 Å². The third kappa shape index (κ3) is 6.90. The SMILES string of the molecule is Cc1ccc(C(=O)Oc2ccc(C[C@H]([NH3+])C(=O)O)cc2OC(=O)c2ccc(C)cc2)cc1.[Cl-]. The molecule has 7 nitrogen and oxygen atoms in total. The Hall–Kier alpha value is -3.68. The molecule has 3 aromatic carbocycles. The van der Waals surface area contributed by atoms with E-state index in [-0.39, 0.29) is 30.3 Å². The maximum Gasteiger partial charge on any atom is 0.362 e. The number of hydrogen-bond donors (Lipinski definition) is 2. The van der Waals surface area contributed by atoms with Gasteiger partial charge in [0.2, 0.25) is 0 Å². The van der Waals surface area contributed by atoms with Crippen molar-refractivity contribution in [3.63, 3.8) is 0 Å². The van der Waals surface area contributed by atoms with Gasteiger partial charge in [-0.3, -0.25) is 0 Å². The molecule has 0 aliphatic rings. The first-order valence-corrected chi connectivity index (χ1v) is 9.99. The highest BCUT2D eigenvalue weighted by molar-refractivity contribution is 5.93. The van der Waals surface area contributed by atoms with Crippen LogP contribution in [-0.4, -0.2) is 29.1 Å². The first-order chi connectivity index (χ1) is 15.2. The summed E-state index contributed by atoms with van der Waals surface area (Å²) >= 11 is 0. The molecule has 172 valence electrons. The molecule has 0 spiro atoms. The van der Waals surface area contributed by atoms with Crippen LogP contribution < -0.4 is 27.6 Å². The average molecular weight is 470 g/mol. The second kappa shape index (κ2) is 11.3. The van der Waals surface area contributed by atoms with E-state index in [4.69, 9.17) is 14.6 Å². The molecule has 33 heavy (non-hydrogen) atoms. The monoisotopic (exact) mass is 469 g/mol. The molecule has 0 radical (unpaired) electrons. The number of carbonyl (C=O) groups is 3. The lowest BCUT2D eigenvalue weighted by molar-refractivity contribution is -0.407. The van der Waals surface area contributed by atoms with Gasteiger partial charge in [0, 0.05) is 6.42 Å². The smallest absolute Gasteiger partial charge is 0.362 e. The molecule has 0 aliphatic carbocycles. The summed E-state index contributed by atoms with van der Waals surface area (Å²) in [5, 5.41) is 9.13. The lowest BCUT2D eigenvalue weighted by atomic mass is 10.1. The lowest BCUT2D eigenvalue weighted by Gasteiger charge is -2.13. The quantitative estimate of drug-likeness (QED) is 0.371. The normalized spacial score (nSPS) is 11.1. The Labute approximate surface area is 197 Å². The fraction of sp³-hybridized carbons (Fsp3) is 0.160. The van der Waals surface area contributed by atoms with Gasteiger partial charge in [-0.05, 0) is 55.8 Å². The number of ether oxygens (including phenoxy) is 2. The number of hydrogen-bond acceptors (Lipinski definition) is 5. The molecule has 0 aromatic heterocycles. The van der Waals surface area contributed by atoms with E-state index >= 15 is 0 Å². The van der Waals surface area contributed by atoms with Crippen LogP contribution in [0, 0.1) is 13.8 Å². The van der Waals surface area contributed by atoms with Crippen molar-refractivity contribution in [3.8, 4) is 11.5 Å². The highest BCUT2D eigenvalue weighted by Gasteiger charge is 2.20. The summed E-state index contributed by atoms with van der Waals surface area (Å²) in [5.74, 6) is -2.20. The minimum atomic E-state index is -1.04. The number of quaternary nitrogens is 1. The summed E-state index contributed by atoms with van der Waals surface area (Å²) < 4.78 is 11.0. The molecule has 0 saturated carbocycles. The van der Waals surface area contributed by atoms with Crippen LogP contribution in [0.3, 0.4) is 0 Å². The van der Waals surface area contributed by atoms with Crippen LogP contribution in [0.4, 0.5) is 0 Å². The van der Waals surface area contributed by atoms with Gasteiger partial charge in [-0.15, -0.1) is 0 Å². The number of benzene rings is 3. The summed E-state index contributed by atoms with van der Waals surface area (Å²) in [7, 11) is 0. The maximum absolute atomic E-state index is 12.6. The Morgan fingerprint density at radius 2 is 1.24 bits per heavy atom. The van der Waals surface area contributed by atoms with E-state index in [1.165, 1.54) is 12.1 Å². The number of carbonyl (C=O) groups excluding carboxylic acids is 2. The van der Waals surface area contributed by atoms with Crippen LogP contribution in [0.15, 0.2) is 66.7 Å². The van der Waals surface area contributed by atoms with E-state index in [9.17, 15) is 14.4 Å². The summed E-state index contributed by atoms with van der Waals surface area (Å²) in [6, 6.07) is 17.4. The standard InChI is InChI=1S/C25H23NO6.ClH/c1-15-3-8-18(9-4-15)24(29)31-21-12-7-17(13-20(26)23(27)28)14-22(21)32-25(30)19-10-5-16(2)6-11-19;/h3-12,14,20H,13,26H2,1-2H3,(H,27,28);1H/t20-;/m0./s1. The van der Waals surface area contributed by atoms with Crippen molar-refractivity contribution in [3.05, 3.63) is 94.5 Å². The van der Waals surface area contributed by atoms with Crippen molar-refractivity contribution in [2.45, 2.75) is 26.3 Å². The molecule has 8 heteroatoms. The largest absolute Gasteiger partial charge is 1.00 e. The number of carboxylic acids is 1. The van der Waals surface area contributed by atoms with Crippen molar-refractivity contribution in [2.75, 3.05) is 0 Å². The van der Waals surface area contributed by atoms with Crippen LogP contribution >= 0.6 is 0 Å². The van der Waals surface area contributed by atoms with Gasteiger partial charge in [-0.1, -0.05) is 41.5 Å². The molecule has 3 rings (SSSR count). The fourth-order valence-electron chi connectivity index (χ4n) is 2.91. The van der Waals surface area contributed by atoms with Crippen molar-refractivity contribution >= 4 is 17.9 Å². The second-order valence-corrected chi connectivity index (χ2v) is 7.53. The second-order valence-electron chi connectivity index (χ2n) is 7.53. The van der Waals surface area contributed by atoms with Crippen LogP contribution in [-0.2, 0) is 11.2 Å². The molecule has 1 atom stereocenters. The molecule has 0 bridgehead atoms. The molecule has 0 heterocycles. The van der Waals surface area contributed by atoms with Crippen LogP contribution in [0.2, 0.25) is 0 Å². The van der Waals surface area contributed by atoms with Gasteiger partial charge in [0.15, 0.2) is 17.5 Å². The number of rotatable bonds is 7. The Bertz CT molecular complexity index is 1140. The Kier molecular flexibility index (Phi) is 8.73. The summed E-state index contributed by atoms with van der Waals surface area (Å²) in [4.78, 5) is 36.4. The van der Waals surface area contributed by atoms with E-state index in [2.05, 4.69) is 5.73 Å². The number of halogens is 1. The highest BCUT2D eigenvalue weighted by Crippen LogP contribution is 2.30. The minimum Gasteiger partial charge on any atom is -1.00 e. The number of aryl methyl sites for hydroxylation is 2. The summed E-state index contributed by atoms with van der Waals surface area (Å²) in [5.41, 5.74) is 6.85. The van der Waals surface area contributed by atoms with E-state index in [0.29, 0.717) is 16.7 Å². The van der Waals surface area contributed by atoms with Gasteiger partial charge in [0.1, 0.15) is 0 Å². The zero-order valence-electron chi connectivity index (χ0n) is 18.2. The number of carboxylic acid groups (broad SMARTS) is 1. The molecule has 3 aromatic rings. The van der Waals surface area contributed by atoms with Gasteiger partial charge in [0.05, 0.1) is 11.1 Å². The topological polar surface area (TPSA) is 118 Å². The predicted molar refractivity (Wildman–Crippen MR) is 117 cm³/mol. The van der Waals surface area contributed by atoms with Gasteiger partial charge in [-0.25, -0.2) is 14.4 Å². The van der Waals surface area contributed by atoms with Crippen molar-refractivity contribution in [2.24, 2.45) is 0 Å². The molecule has 0 aliphatic heterocycles. The molecular formula is C25H24ClNO6. The van der Waals surface area contributed by atoms with Crippen LogP contribution in [0.1, 0.15) is 37.4 Å². The Balaban J connectivity index is 0.00000385. The number of aliphatic carboxylic acids is 1. The van der Waals surface area contributed by atoms with Crippen molar-refractivity contribution < 1.29 is 47.1 Å². The van der Waals surface area contributed by atoms with E-state index < -0.39 is 23.9 Å². The third-order valence-electron chi connectivity index (χ3n) is 4.82. The zero-order chi connectivity index (χ0) is 23.3. The Morgan fingerprint density at radius 1 is 0.788 bits per heavy atom. The van der Waals surface area contributed by atoms with Crippen LogP contribution in [0.25, 0.3) is 0 Å². The first-order valence-electron chi connectivity index (χ1n) is 9.99. The number of esters is 2. The Morgan fingerprint density at radius 3 is 1.70 bits per heavy atom. The fourth-order valence-corrected chi connectivity index (χ4v) is 2.91. The van der Waals surface area contributed by atoms with Crippen molar-refractivity contribution in [1.29, 1.82) is 0 Å². The molecule has 0 amide bonds. The molecule has 0 fully saturated rings. The van der Waals surface area contributed by atoms with E-state index in [0.717, 1.165) is 11.1 Å². The zero-order valence-corrected chi connectivity index (χ0v) is 19.0. The van der Waals surface area contributed by atoms with Crippen LogP contribution in [0.5, 0.6) is 11.5 Å². The summed E-state index contributed by atoms with van der Waals surface area (Å²) in [6.07, 6.45) is 0.122. The average Bonchev–Trinajstić information content (AvgIpc) is 2.76. The van der Waals surface area contributed by atoms with Gasteiger partial charge < -0.3 is 32.7 Å². The van der Waals surface area contributed by atoms with Gasteiger partial charge >= 0.3 is 17.9 Å². The highest BCUT2D eigenvalue weighted by atomic mass is 35.5. The predicted octanol–water partition coefficient (Wildman–Crippen LogP) is -0.0166.